The molecule has 1 aliphatic heterocycles. The summed E-state index contributed by atoms with van der Waals surface area (Å²) in [6.07, 6.45) is 9.79. The van der Waals surface area contributed by atoms with Gasteiger partial charge < -0.3 is 15.3 Å². The number of carbonyl (C=O) groups is 2. The van der Waals surface area contributed by atoms with Crippen LogP contribution in [0.3, 0.4) is 0 Å². The Kier molecular flexibility index (Phi) is 4.74. The molecule has 6 unspecified atom stereocenters. The van der Waals surface area contributed by atoms with Gasteiger partial charge in [-0.25, -0.2) is 4.98 Å². The topological polar surface area (TPSA) is 82.5 Å². The fraction of sp³-hybridized carbons (Fsp3) is 0.708. The predicted octanol–water partition coefficient (Wildman–Crippen LogP) is 3.51. The van der Waals surface area contributed by atoms with Crippen LogP contribution in [-0.4, -0.2) is 47.4 Å². The molecule has 0 aromatic carbocycles. The lowest BCUT2D eigenvalue weighted by atomic mass is 9.77. The van der Waals surface area contributed by atoms with Crippen molar-refractivity contribution in [3.63, 3.8) is 0 Å². The molecule has 4 saturated carbocycles. The molecule has 8 atom stereocenters. The fourth-order valence-corrected chi connectivity index (χ4v) is 8.06. The van der Waals surface area contributed by atoms with Crippen molar-refractivity contribution >= 4 is 29.5 Å². The summed E-state index contributed by atoms with van der Waals surface area (Å²) < 4.78 is 0. The highest BCUT2D eigenvalue weighted by Gasteiger charge is 2.60. The summed E-state index contributed by atoms with van der Waals surface area (Å²) in [5.74, 6) is 3.87. The second-order valence-electron chi connectivity index (χ2n) is 10.6. The summed E-state index contributed by atoms with van der Waals surface area (Å²) in [6, 6.07) is 4.16. The number of anilines is 1. The largest absolute Gasteiger partial charge is 0.481 e. The van der Waals surface area contributed by atoms with E-state index in [0.29, 0.717) is 17.5 Å². The van der Waals surface area contributed by atoms with E-state index in [0.717, 1.165) is 48.1 Å². The minimum absolute atomic E-state index is 0.0151. The molecule has 7 heteroatoms. The van der Waals surface area contributed by atoms with Gasteiger partial charge in [0, 0.05) is 19.1 Å². The lowest BCUT2D eigenvalue weighted by Gasteiger charge is -2.33. The Bertz CT molecular complexity index is 911. The Morgan fingerprint density at radius 1 is 1.06 bits per heavy atom. The Hall–Kier alpha value is -1.76. The second kappa shape index (κ2) is 7.39. The minimum Gasteiger partial charge on any atom is -0.481 e. The van der Waals surface area contributed by atoms with Gasteiger partial charge in [-0.05, 0) is 92.4 Å². The SMILES string of the molecule is CSc1nc(N2C[C@@H]3C(C(=O)O)[C@@H]3C2)ccc1C(=O)NC1CCC2CC3CC2CC1C3. The van der Waals surface area contributed by atoms with Crippen molar-refractivity contribution in [2.24, 2.45) is 41.4 Å². The van der Waals surface area contributed by atoms with Gasteiger partial charge in [-0.2, -0.15) is 0 Å². The summed E-state index contributed by atoms with van der Waals surface area (Å²) >= 11 is 1.51. The molecule has 5 aliphatic rings. The molecule has 0 spiro atoms. The first-order chi connectivity index (χ1) is 15.0. The van der Waals surface area contributed by atoms with Crippen LogP contribution in [0.15, 0.2) is 17.2 Å². The molecule has 2 N–H and O–H groups in total. The number of amides is 1. The average Bonchev–Trinajstić information content (AvgIpc) is 3.17. The van der Waals surface area contributed by atoms with Crippen molar-refractivity contribution in [3.8, 4) is 0 Å². The van der Waals surface area contributed by atoms with E-state index in [2.05, 4.69) is 10.2 Å². The van der Waals surface area contributed by atoms with Gasteiger partial charge in [-0.3, -0.25) is 9.59 Å². The van der Waals surface area contributed by atoms with Crippen LogP contribution in [0.2, 0.25) is 0 Å². The zero-order chi connectivity index (χ0) is 21.3. The molecule has 2 heterocycles. The monoisotopic (exact) mass is 441 g/mol. The van der Waals surface area contributed by atoms with Crippen LogP contribution in [0, 0.1) is 41.4 Å². The predicted molar refractivity (Wildman–Crippen MR) is 119 cm³/mol. The van der Waals surface area contributed by atoms with Crippen LogP contribution >= 0.6 is 11.8 Å². The van der Waals surface area contributed by atoms with Gasteiger partial charge in [-0.1, -0.05) is 0 Å². The first kappa shape index (κ1) is 19.9. The first-order valence-corrected chi connectivity index (χ1v) is 13.1. The van der Waals surface area contributed by atoms with Crippen molar-refractivity contribution in [1.29, 1.82) is 0 Å². The molecule has 31 heavy (non-hydrogen) atoms. The molecule has 6 nitrogen and oxygen atoms in total. The number of piperidine rings is 1. The molecule has 1 amide bonds. The highest BCUT2D eigenvalue weighted by atomic mass is 32.2. The Balaban J connectivity index is 1.15. The van der Waals surface area contributed by atoms with Crippen LogP contribution in [0.5, 0.6) is 0 Å². The molecule has 1 aromatic rings. The van der Waals surface area contributed by atoms with Crippen molar-refractivity contribution in [2.75, 3.05) is 24.2 Å². The van der Waals surface area contributed by atoms with Crippen molar-refractivity contribution in [3.05, 3.63) is 17.7 Å². The van der Waals surface area contributed by atoms with Gasteiger partial charge >= 0.3 is 5.97 Å². The number of aromatic nitrogens is 1. The number of nitrogens with zero attached hydrogens (tertiary/aromatic N) is 2. The maximum Gasteiger partial charge on any atom is 0.307 e. The first-order valence-electron chi connectivity index (χ1n) is 11.9. The lowest BCUT2D eigenvalue weighted by molar-refractivity contribution is -0.139. The minimum atomic E-state index is -0.667. The standard InChI is InChI=1S/C24H31N3O3S/c1-31-23-16(3-5-20(26-23)27-10-17-18(11-27)21(17)24(29)30)22(28)25-19-4-2-13-6-12-7-14(13)9-15(19)8-12/h3,5,12-15,17-19,21H,2,4,6-11H2,1H3,(H,25,28)(H,29,30)/t12?,13?,14?,15?,17-,18+,19?,21?. The number of carboxylic acids is 1. The van der Waals surface area contributed by atoms with Gasteiger partial charge in [0.2, 0.25) is 0 Å². The number of pyridine rings is 1. The second-order valence-corrected chi connectivity index (χ2v) is 11.4. The number of aliphatic carboxylic acids is 1. The van der Waals surface area contributed by atoms with Gasteiger partial charge in [0.1, 0.15) is 10.8 Å². The maximum atomic E-state index is 13.2. The molecule has 0 radical (unpaired) electrons. The summed E-state index contributed by atoms with van der Waals surface area (Å²) in [6.45, 7) is 1.50. The summed E-state index contributed by atoms with van der Waals surface area (Å²) in [7, 11) is 0. The number of hydrogen-bond acceptors (Lipinski definition) is 5. The smallest absolute Gasteiger partial charge is 0.307 e. The van der Waals surface area contributed by atoms with Crippen LogP contribution < -0.4 is 10.2 Å². The molecule has 6 rings (SSSR count). The molecular weight excluding hydrogens is 410 g/mol. The van der Waals surface area contributed by atoms with E-state index in [9.17, 15) is 14.7 Å². The van der Waals surface area contributed by atoms with E-state index in [1.807, 2.05) is 18.4 Å². The van der Waals surface area contributed by atoms with Gasteiger partial charge in [0.15, 0.2) is 0 Å². The highest BCUT2D eigenvalue weighted by Crippen LogP contribution is 2.54. The zero-order valence-electron chi connectivity index (χ0n) is 18.0. The Morgan fingerprint density at radius 3 is 2.55 bits per heavy atom. The van der Waals surface area contributed by atoms with E-state index in [1.54, 1.807) is 0 Å². The van der Waals surface area contributed by atoms with E-state index in [-0.39, 0.29) is 23.7 Å². The summed E-state index contributed by atoms with van der Waals surface area (Å²) in [5, 5.41) is 13.4. The van der Waals surface area contributed by atoms with Crippen molar-refractivity contribution in [2.45, 2.75) is 49.6 Å². The normalized spacial score (nSPS) is 39.8. The van der Waals surface area contributed by atoms with Gasteiger partial charge in [0.25, 0.3) is 5.91 Å². The fourth-order valence-electron chi connectivity index (χ4n) is 7.49. The molecule has 3 bridgehead atoms. The van der Waals surface area contributed by atoms with Crippen molar-refractivity contribution in [1.82, 2.24) is 10.3 Å². The number of fused-ring (bicyclic) bond motifs is 3. The summed E-state index contributed by atoms with van der Waals surface area (Å²) in [4.78, 5) is 31.4. The zero-order valence-corrected chi connectivity index (χ0v) is 18.8. The van der Waals surface area contributed by atoms with E-state index in [1.165, 1.54) is 43.9 Å². The van der Waals surface area contributed by atoms with E-state index >= 15 is 0 Å². The molecule has 1 saturated heterocycles. The molecule has 5 fully saturated rings. The quantitative estimate of drug-likeness (QED) is 0.681. The third kappa shape index (κ3) is 3.35. The van der Waals surface area contributed by atoms with Crippen LogP contribution in [0.25, 0.3) is 0 Å². The molecular formula is C24H31N3O3S. The molecule has 4 aliphatic carbocycles. The Morgan fingerprint density at radius 2 is 1.81 bits per heavy atom. The third-order valence-electron chi connectivity index (χ3n) is 9.00. The van der Waals surface area contributed by atoms with Crippen molar-refractivity contribution < 1.29 is 14.7 Å². The third-order valence-corrected chi connectivity index (χ3v) is 9.70. The number of rotatable bonds is 5. The van der Waals surface area contributed by atoms with Crippen LogP contribution in [0.1, 0.15) is 48.9 Å². The van der Waals surface area contributed by atoms with Gasteiger partial charge in [-0.15, -0.1) is 11.8 Å². The van der Waals surface area contributed by atoms with Crippen LogP contribution in [-0.2, 0) is 4.79 Å². The highest BCUT2D eigenvalue weighted by molar-refractivity contribution is 7.98. The van der Waals surface area contributed by atoms with E-state index < -0.39 is 5.97 Å². The van der Waals surface area contributed by atoms with Gasteiger partial charge in [0.05, 0.1) is 11.5 Å². The number of nitrogens with one attached hydrogen (secondary N) is 1. The number of carboxylic acid groups (broad SMARTS) is 1. The Labute approximate surface area is 187 Å². The van der Waals surface area contributed by atoms with Crippen LogP contribution in [0.4, 0.5) is 5.82 Å². The number of hydrogen-bond donors (Lipinski definition) is 2. The number of thioether (sulfide) groups is 1. The average molecular weight is 442 g/mol. The molecule has 166 valence electrons. The molecule has 1 aromatic heterocycles. The maximum absolute atomic E-state index is 13.2. The van der Waals surface area contributed by atoms with E-state index in [4.69, 9.17) is 4.98 Å². The number of carbonyl (C=O) groups excluding carboxylic acids is 1. The summed E-state index contributed by atoms with van der Waals surface area (Å²) in [5.41, 5.74) is 0.672. The lowest BCUT2D eigenvalue weighted by Crippen LogP contribution is -2.42.